The van der Waals surface area contributed by atoms with E-state index in [2.05, 4.69) is 10.4 Å². The molecule has 1 aromatic rings. The summed E-state index contributed by atoms with van der Waals surface area (Å²) in [5.74, 6) is 0.118. The third kappa shape index (κ3) is 3.11. The van der Waals surface area contributed by atoms with Crippen molar-refractivity contribution in [2.75, 3.05) is 19.6 Å². The van der Waals surface area contributed by atoms with Crippen LogP contribution in [0, 0.1) is 0 Å². The van der Waals surface area contributed by atoms with Gasteiger partial charge in [-0.05, 0) is 38.3 Å². The van der Waals surface area contributed by atoms with Gasteiger partial charge >= 0.3 is 6.18 Å². The normalized spacial score (nSPS) is 24.0. The topological polar surface area (TPSA) is 50.2 Å². The van der Waals surface area contributed by atoms with Crippen molar-refractivity contribution in [2.24, 2.45) is 0 Å². The van der Waals surface area contributed by atoms with E-state index in [1.165, 1.54) is 10.9 Å². The summed E-state index contributed by atoms with van der Waals surface area (Å²) in [7, 11) is 0. The molecule has 22 heavy (non-hydrogen) atoms. The molecule has 122 valence electrons. The molecule has 5 nitrogen and oxygen atoms in total. The molecule has 0 spiro atoms. The van der Waals surface area contributed by atoms with Crippen LogP contribution >= 0.6 is 0 Å². The van der Waals surface area contributed by atoms with E-state index in [9.17, 15) is 18.0 Å². The Morgan fingerprint density at radius 2 is 2.00 bits per heavy atom. The standard InChI is InChI=1S/C14H19F3N4O/c15-14(16,17)12-5-9-21(19-12)10-3-7-20(8-4-10)13(22)11-2-1-6-18-11/h5,9-11,18H,1-4,6-8H2. The van der Waals surface area contributed by atoms with Gasteiger partial charge in [-0.1, -0.05) is 0 Å². The Labute approximate surface area is 126 Å². The van der Waals surface area contributed by atoms with Gasteiger partial charge in [-0.3, -0.25) is 9.48 Å². The van der Waals surface area contributed by atoms with Gasteiger partial charge in [-0.15, -0.1) is 0 Å². The number of nitrogens with one attached hydrogen (secondary N) is 1. The summed E-state index contributed by atoms with van der Waals surface area (Å²) in [4.78, 5) is 14.1. The first-order valence-electron chi connectivity index (χ1n) is 7.59. The first kappa shape index (κ1) is 15.3. The molecular weight excluding hydrogens is 297 g/mol. The summed E-state index contributed by atoms with van der Waals surface area (Å²) in [6.07, 6.45) is 0.127. The fourth-order valence-electron chi connectivity index (χ4n) is 3.16. The molecule has 0 bridgehead atoms. The maximum atomic E-state index is 12.6. The Morgan fingerprint density at radius 3 is 2.55 bits per heavy atom. The van der Waals surface area contributed by atoms with Crippen LogP contribution < -0.4 is 5.32 Å². The lowest BCUT2D eigenvalue weighted by Gasteiger charge is -2.33. The molecule has 0 radical (unpaired) electrons. The van der Waals surface area contributed by atoms with Gasteiger partial charge in [0, 0.05) is 19.3 Å². The number of hydrogen-bond acceptors (Lipinski definition) is 3. The lowest BCUT2D eigenvalue weighted by Crippen LogP contribution is -2.47. The highest BCUT2D eigenvalue weighted by Crippen LogP contribution is 2.29. The summed E-state index contributed by atoms with van der Waals surface area (Å²) < 4.78 is 39.1. The zero-order valence-electron chi connectivity index (χ0n) is 12.1. The fourth-order valence-corrected chi connectivity index (χ4v) is 3.16. The van der Waals surface area contributed by atoms with Crippen molar-refractivity contribution < 1.29 is 18.0 Å². The highest BCUT2D eigenvalue weighted by Gasteiger charge is 2.35. The quantitative estimate of drug-likeness (QED) is 0.905. The van der Waals surface area contributed by atoms with Gasteiger partial charge < -0.3 is 10.2 Å². The van der Waals surface area contributed by atoms with Gasteiger partial charge in [-0.2, -0.15) is 18.3 Å². The third-order valence-corrected chi connectivity index (χ3v) is 4.41. The van der Waals surface area contributed by atoms with Crippen molar-refractivity contribution in [1.29, 1.82) is 0 Å². The molecule has 0 aromatic carbocycles. The van der Waals surface area contributed by atoms with Crippen molar-refractivity contribution in [3.05, 3.63) is 18.0 Å². The number of halogens is 3. The monoisotopic (exact) mass is 316 g/mol. The number of aromatic nitrogens is 2. The summed E-state index contributed by atoms with van der Waals surface area (Å²) in [5.41, 5.74) is -0.860. The Morgan fingerprint density at radius 1 is 1.27 bits per heavy atom. The smallest absolute Gasteiger partial charge is 0.341 e. The zero-order chi connectivity index (χ0) is 15.7. The second kappa shape index (κ2) is 5.91. The fraction of sp³-hybridized carbons (Fsp3) is 0.714. The average Bonchev–Trinajstić information content (AvgIpc) is 3.17. The van der Waals surface area contributed by atoms with Gasteiger partial charge in [0.25, 0.3) is 0 Å². The average molecular weight is 316 g/mol. The minimum Gasteiger partial charge on any atom is -0.341 e. The van der Waals surface area contributed by atoms with E-state index in [1.807, 2.05) is 4.90 Å². The molecule has 8 heteroatoms. The maximum absolute atomic E-state index is 12.6. The van der Waals surface area contributed by atoms with Gasteiger partial charge in [0.15, 0.2) is 5.69 Å². The minimum absolute atomic E-state index is 0.0725. The van der Waals surface area contributed by atoms with Crippen LogP contribution in [0.2, 0.25) is 0 Å². The number of piperidine rings is 1. The molecule has 1 atom stereocenters. The number of nitrogens with zero attached hydrogens (tertiary/aromatic N) is 3. The van der Waals surface area contributed by atoms with E-state index in [1.54, 1.807) is 0 Å². The SMILES string of the molecule is O=C(C1CCCN1)N1CCC(n2ccc(C(F)(F)F)n2)CC1. The number of hydrogen-bond donors (Lipinski definition) is 1. The van der Waals surface area contributed by atoms with Crippen LogP contribution in [0.3, 0.4) is 0 Å². The molecule has 2 aliphatic rings. The molecular formula is C14H19F3N4O. The molecule has 2 saturated heterocycles. The molecule has 1 aromatic heterocycles. The van der Waals surface area contributed by atoms with Crippen LogP contribution in [-0.2, 0) is 11.0 Å². The molecule has 1 unspecified atom stereocenters. The zero-order valence-corrected chi connectivity index (χ0v) is 12.1. The van der Waals surface area contributed by atoms with Gasteiger partial charge in [0.05, 0.1) is 12.1 Å². The number of carbonyl (C=O) groups excluding carboxylic acids is 1. The number of likely N-dealkylation sites (tertiary alicyclic amines) is 1. The van der Waals surface area contributed by atoms with Crippen molar-refractivity contribution in [2.45, 2.75) is 43.9 Å². The Bertz CT molecular complexity index is 528. The predicted molar refractivity (Wildman–Crippen MR) is 73.1 cm³/mol. The van der Waals surface area contributed by atoms with Crippen molar-refractivity contribution in [3.63, 3.8) is 0 Å². The molecule has 3 rings (SSSR count). The summed E-state index contributed by atoms with van der Waals surface area (Å²) in [6.45, 7) is 2.02. The summed E-state index contributed by atoms with van der Waals surface area (Å²) in [6, 6.07) is 0.842. The van der Waals surface area contributed by atoms with Crippen molar-refractivity contribution in [1.82, 2.24) is 20.0 Å². The molecule has 0 saturated carbocycles. The summed E-state index contributed by atoms with van der Waals surface area (Å²) >= 11 is 0. The van der Waals surface area contributed by atoms with E-state index in [4.69, 9.17) is 0 Å². The minimum atomic E-state index is -4.41. The second-order valence-corrected chi connectivity index (χ2v) is 5.88. The number of carbonyl (C=O) groups is 1. The highest BCUT2D eigenvalue weighted by atomic mass is 19.4. The molecule has 3 heterocycles. The third-order valence-electron chi connectivity index (χ3n) is 4.41. The van der Waals surface area contributed by atoms with Crippen LogP contribution in [0.4, 0.5) is 13.2 Å². The second-order valence-electron chi connectivity index (χ2n) is 5.88. The Balaban J connectivity index is 1.57. The largest absolute Gasteiger partial charge is 0.435 e. The van der Waals surface area contributed by atoms with Gasteiger partial charge in [0.1, 0.15) is 0 Å². The first-order valence-corrected chi connectivity index (χ1v) is 7.59. The van der Waals surface area contributed by atoms with Crippen LogP contribution in [-0.4, -0.2) is 46.3 Å². The van der Waals surface area contributed by atoms with Crippen LogP contribution in [0.5, 0.6) is 0 Å². The Kier molecular flexibility index (Phi) is 4.12. The highest BCUT2D eigenvalue weighted by molar-refractivity contribution is 5.82. The molecule has 2 aliphatic heterocycles. The molecule has 1 amide bonds. The van der Waals surface area contributed by atoms with Crippen LogP contribution in [0.1, 0.15) is 37.4 Å². The first-order chi connectivity index (χ1) is 10.4. The van der Waals surface area contributed by atoms with Crippen LogP contribution in [0.15, 0.2) is 12.3 Å². The van der Waals surface area contributed by atoms with E-state index >= 15 is 0 Å². The molecule has 0 aliphatic carbocycles. The van der Waals surface area contributed by atoms with Crippen molar-refractivity contribution in [3.8, 4) is 0 Å². The van der Waals surface area contributed by atoms with Crippen LogP contribution in [0.25, 0.3) is 0 Å². The molecule has 2 fully saturated rings. The van der Waals surface area contributed by atoms with Gasteiger partial charge in [0.2, 0.25) is 5.91 Å². The number of alkyl halides is 3. The lowest BCUT2D eigenvalue weighted by molar-refractivity contribution is -0.141. The van der Waals surface area contributed by atoms with E-state index < -0.39 is 11.9 Å². The predicted octanol–water partition coefficient (Wildman–Crippen LogP) is 1.82. The van der Waals surface area contributed by atoms with E-state index in [0.717, 1.165) is 25.5 Å². The summed E-state index contributed by atoms with van der Waals surface area (Å²) in [5, 5.41) is 6.81. The van der Waals surface area contributed by atoms with E-state index in [0.29, 0.717) is 25.9 Å². The van der Waals surface area contributed by atoms with E-state index in [-0.39, 0.29) is 18.0 Å². The van der Waals surface area contributed by atoms with Crippen molar-refractivity contribution >= 4 is 5.91 Å². The number of rotatable bonds is 2. The lowest BCUT2D eigenvalue weighted by atomic mass is 10.0. The van der Waals surface area contributed by atoms with Gasteiger partial charge in [-0.25, -0.2) is 0 Å². The maximum Gasteiger partial charge on any atom is 0.435 e. The Hall–Kier alpha value is -1.57. The molecule has 1 N–H and O–H groups in total. The number of amides is 1.